The minimum atomic E-state index is -0.372. The number of hydrogen-bond acceptors (Lipinski definition) is 8. The Morgan fingerprint density at radius 2 is 1.93 bits per heavy atom. The Kier molecular flexibility index (Phi) is 5.23. The lowest BCUT2D eigenvalue weighted by Crippen LogP contribution is -2.41. The van der Waals surface area contributed by atoms with E-state index in [9.17, 15) is 0 Å². The maximum Gasteiger partial charge on any atom is 0.189 e. The summed E-state index contributed by atoms with van der Waals surface area (Å²) in [4.78, 5) is 9.41. The second-order valence-corrected chi connectivity index (χ2v) is 7.42. The Balaban J connectivity index is 1.53. The van der Waals surface area contributed by atoms with Crippen LogP contribution in [0.1, 0.15) is 16.1 Å². The van der Waals surface area contributed by atoms with Crippen molar-refractivity contribution in [3.63, 3.8) is 0 Å². The summed E-state index contributed by atoms with van der Waals surface area (Å²) in [6.07, 6.45) is 1.29. The molecule has 0 radical (unpaired) electrons. The molecule has 2 aromatic carbocycles. The molecule has 144 valence electrons. The lowest BCUT2D eigenvalue weighted by Gasteiger charge is -2.20. The first-order valence-electron chi connectivity index (χ1n) is 8.85. The summed E-state index contributed by atoms with van der Waals surface area (Å²) >= 11 is 1.68. The monoisotopic (exact) mass is 395 g/mol. The third-order valence-electron chi connectivity index (χ3n) is 4.37. The molecule has 0 fully saturated rings. The van der Waals surface area contributed by atoms with E-state index < -0.39 is 0 Å². The Morgan fingerprint density at radius 3 is 2.68 bits per heavy atom. The van der Waals surface area contributed by atoms with Crippen LogP contribution in [0.3, 0.4) is 0 Å². The zero-order valence-electron chi connectivity index (χ0n) is 15.9. The summed E-state index contributed by atoms with van der Waals surface area (Å²) < 4.78 is 12.1. The van der Waals surface area contributed by atoms with Gasteiger partial charge in [-0.05, 0) is 36.8 Å². The molecule has 4 rings (SSSR count). The molecule has 1 aromatic heterocycles. The highest BCUT2D eigenvalue weighted by molar-refractivity contribution is 7.18. The van der Waals surface area contributed by atoms with E-state index >= 15 is 0 Å². The van der Waals surface area contributed by atoms with Crippen molar-refractivity contribution in [1.82, 2.24) is 15.7 Å². The molecular weight excluding hydrogens is 374 g/mol. The van der Waals surface area contributed by atoms with Crippen LogP contribution in [-0.2, 0) is 6.54 Å². The zero-order chi connectivity index (χ0) is 19.5. The molecule has 7 nitrogen and oxygen atoms in total. The number of rotatable bonds is 6. The summed E-state index contributed by atoms with van der Waals surface area (Å²) in [6, 6.07) is 11.9. The van der Waals surface area contributed by atoms with Crippen LogP contribution in [0.2, 0.25) is 0 Å². The molecule has 0 saturated carbocycles. The molecule has 3 aromatic rings. The molecule has 0 aliphatic carbocycles. The number of aryl methyl sites for hydroxylation is 1. The highest BCUT2D eigenvalue weighted by Gasteiger charge is 2.19. The van der Waals surface area contributed by atoms with Gasteiger partial charge in [0, 0.05) is 0 Å². The van der Waals surface area contributed by atoms with Crippen molar-refractivity contribution in [1.29, 1.82) is 0 Å². The SMILES string of the molecule is COc1cccc(OC)c1C1=NC(NCc2nc3cc(C)ccc3s2)NN=C1. The highest BCUT2D eigenvalue weighted by Crippen LogP contribution is 2.29. The van der Waals surface area contributed by atoms with Gasteiger partial charge in [-0.15, -0.1) is 11.3 Å². The predicted molar refractivity (Wildman–Crippen MR) is 113 cm³/mol. The van der Waals surface area contributed by atoms with Crippen LogP contribution in [0.4, 0.5) is 0 Å². The van der Waals surface area contributed by atoms with Crippen LogP contribution in [-0.4, -0.2) is 37.4 Å². The fourth-order valence-corrected chi connectivity index (χ4v) is 3.94. The second kappa shape index (κ2) is 7.95. The van der Waals surface area contributed by atoms with Gasteiger partial charge in [0.2, 0.25) is 0 Å². The maximum absolute atomic E-state index is 5.48. The fourth-order valence-electron chi connectivity index (χ4n) is 3.04. The summed E-state index contributed by atoms with van der Waals surface area (Å²) in [6.45, 7) is 2.66. The van der Waals surface area contributed by atoms with Gasteiger partial charge in [0.25, 0.3) is 0 Å². The van der Waals surface area contributed by atoms with Crippen molar-refractivity contribution in [3.8, 4) is 11.5 Å². The topological polar surface area (TPSA) is 80.1 Å². The van der Waals surface area contributed by atoms with Gasteiger partial charge in [-0.1, -0.05) is 12.1 Å². The molecule has 28 heavy (non-hydrogen) atoms. The molecule has 8 heteroatoms. The summed E-state index contributed by atoms with van der Waals surface area (Å²) in [5.41, 5.74) is 6.67. The van der Waals surface area contributed by atoms with E-state index in [1.807, 2.05) is 18.2 Å². The molecule has 1 aliphatic heterocycles. The van der Waals surface area contributed by atoms with E-state index in [1.165, 1.54) is 10.3 Å². The second-order valence-electron chi connectivity index (χ2n) is 6.30. The van der Waals surface area contributed by atoms with Gasteiger partial charge < -0.3 is 9.47 Å². The van der Waals surface area contributed by atoms with Gasteiger partial charge in [0.05, 0.1) is 48.5 Å². The first-order chi connectivity index (χ1) is 13.7. The summed E-state index contributed by atoms with van der Waals surface area (Å²) in [7, 11) is 3.25. The average molecular weight is 395 g/mol. The van der Waals surface area contributed by atoms with E-state index in [2.05, 4.69) is 41.0 Å². The zero-order valence-corrected chi connectivity index (χ0v) is 16.7. The number of nitrogens with one attached hydrogen (secondary N) is 2. The third kappa shape index (κ3) is 3.69. The van der Waals surface area contributed by atoms with Crippen LogP contribution >= 0.6 is 11.3 Å². The van der Waals surface area contributed by atoms with Crippen LogP contribution in [0.25, 0.3) is 10.2 Å². The first kappa shape index (κ1) is 18.4. The number of thiazole rings is 1. The van der Waals surface area contributed by atoms with Crippen molar-refractivity contribution in [2.75, 3.05) is 14.2 Å². The molecule has 0 amide bonds. The first-order valence-corrected chi connectivity index (χ1v) is 9.67. The molecule has 2 N–H and O–H groups in total. The van der Waals surface area contributed by atoms with Crippen LogP contribution in [0.15, 0.2) is 46.5 Å². The Labute approximate surface area is 167 Å². The van der Waals surface area contributed by atoms with Gasteiger partial charge in [0.1, 0.15) is 16.5 Å². The Hall–Kier alpha value is -2.97. The van der Waals surface area contributed by atoms with Crippen LogP contribution in [0, 0.1) is 6.92 Å². The lowest BCUT2D eigenvalue weighted by atomic mass is 10.1. The fraction of sp³-hybridized carbons (Fsp3) is 0.250. The van der Waals surface area contributed by atoms with Crippen molar-refractivity contribution < 1.29 is 9.47 Å². The van der Waals surface area contributed by atoms with Crippen molar-refractivity contribution >= 4 is 33.5 Å². The van der Waals surface area contributed by atoms with Gasteiger partial charge in [-0.2, -0.15) is 5.10 Å². The number of hydrogen-bond donors (Lipinski definition) is 2. The third-order valence-corrected chi connectivity index (χ3v) is 5.41. The Morgan fingerprint density at radius 1 is 1.14 bits per heavy atom. The molecule has 0 bridgehead atoms. The molecular formula is C20H21N5O2S. The normalized spacial score (nSPS) is 16.0. The highest BCUT2D eigenvalue weighted by atomic mass is 32.1. The molecule has 0 saturated heterocycles. The number of fused-ring (bicyclic) bond motifs is 1. The number of nitrogens with zero attached hydrogens (tertiary/aromatic N) is 3. The van der Waals surface area contributed by atoms with Gasteiger partial charge in [0.15, 0.2) is 6.29 Å². The molecule has 2 heterocycles. The van der Waals surface area contributed by atoms with Crippen LogP contribution in [0.5, 0.6) is 11.5 Å². The number of aromatic nitrogens is 1. The van der Waals surface area contributed by atoms with Crippen LogP contribution < -0.4 is 20.2 Å². The van der Waals surface area contributed by atoms with E-state index in [0.29, 0.717) is 23.8 Å². The summed E-state index contributed by atoms with van der Waals surface area (Å²) in [5.74, 6) is 1.37. The molecule has 1 atom stereocenters. The standard InChI is InChI=1S/C20H21N5O2S/c1-12-7-8-17-13(9-12)23-18(28-17)11-21-20-24-14(10-22-25-20)19-15(26-2)5-4-6-16(19)27-3/h4-10,20-21,25H,11H2,1-3H3. The number of hydrazone groups is 1. The van der Waals surface area contributed by atoms with Crippen molar-refractivity contribution in [3.05, 3.63) is 52.5 Å². The minimum absolute atomic E-state index is 0.372. The van der Waals surface area contributed by atoms with Crippen molar-refractivity contribution in [2.45, 2.75) is 19.8 Å². The molecule has 1 unspecified atom stereocenters. The average Bonchev–Trinajstić information content (AvgIpc) is 3.13. The number of benzene rings is 2. The van der Waals surface area contributed by atoms with Gasteiger partial charge in [-0.25, -0.2) is 9.98 Å². The van der Waals surface area contributed by atoms with E-state index in [0.717, 1.165) is 16.1 Å². The largest absolute Gasteiger partial charge is 0.496 e. The minimum Gasteiger partial charge on any atom is -0.496 e. The van der Waals surface area contributed by atoms with E-state index in [-0.39, 0.29) is 6.29 Å². The predicted octanol–water partition coefficient (Wildman–Crippen LogP) is 3.07. The summed E-state index contributed by atoms with van der Waals surface area (Å²) in [5, 5.41) is 8.58. The molecule has 1 aliphatic rings. The van der Waals surface area contributed by atoms with Crippen molar-refractivity contribution in [2.24, 2.45) is 10.1 Å². The van der Waals surface area contributed by atoms with Gasteiger partial charge >= 0.3 is 0 Å². The number of ether oxygens (including phenoxy) is 2. The van der Waals surface area contributed by atoms with E-state index in [4.69, 9.17) is 19.5 Å². The number of methoxy groups -OCH3 is 2. The maximum atomic E-state index is 5.48. The Bertz CT molecular complexity index is 1040. The van der Waals surface area contributed by atoms with Gasteiger partial charge in [-0.3, -0.25) is 10.7 Å². The van der Waals surface area contributed by atoms with E-state index in [1.54, 1.807) is 31.8 Å². The molecule has 0 spiro atoms. The number of aliphatic imine (C=N–C) groups is 1. The quantitative estimate of drug-likeness (QED) is 0.671. The lowest BCUT2D eigenvalue weighted by molar-refractivity contribution is 0.392. The smallest absolute Gasteiger partial charge is 0.189 e.